The summed E-state index contributed by atoms with van der Waals surface area (Å²) in [5, 5.41) is 12.4. The number of aliphatic hydroxyl groups excluding tert-OH is 1. The van der Waals surface area contributed by atoms with Crippen LogP contribution in [-0.4, -0.2) is 44.5 Å². The smallest absolute Gasteiger partial charge is 0.419 e. The summed E-state index contributed by atoms with van der Waals surface area (Å²) in [7, 11) is 0. The number of fused-ring (bicyclic) bond motifs is 4. The van der Waals surface area contributed by atoms with E-state index < -0.39 is 17.1 Å². The zero-order chi connectivity index (χ0) is 29.4. The van der Waals surface area contributed by atoms with Gasteiger partial charge in [0, 0.05) is 29.1 Å². The third-order valence-electron chi connectivity index (χ3n) is 15.0. The van der Waals surface area contributed by atoms with Gasteiger partial charge in [0.05, 0.1) is 11.5 Å². The normalized spacial score (nSPS) is 50.9. The molecule has 6 fully saturated rings. The fourth-order valence-corrected chi connectivity index (χ4v) is 12.6. The Kier molecular flexibility index (Phi) is 5.57. The van der Waals surface area contributed by atoms with E-state index in [1.807, 2.05) is 0 Å². The first-order chi connectivity index (χ1) is 19.1. The van der Waals surface area contributed by atoms with Gasteiger partial charge in [0.2, 0.25) is 0 Å². The molecule has 5 aliphatic carbocycles. The largest absolute Gasteiger partial charge is 0.455 e. The highest BCUT2D eigenvalue weighted by Crippen LogP contribution is 2.80. The van der Waals surface area contributed by atoms with Crippen molar-refractivity contribution in [1.82, 2.24) is 9.55 Å². The Morgan fingerprint density at radius 3 is 2.41 bits per heavy atom. The lowest BCUT2D eigenvalue weighted by Crippen LogP contribution is -2.76. The van der Waals surface area contributed by atoms with Crippen LogP contribution >= 0.6 is 0 Å². The number of hydrogen-bond acceptors (Lipinski definition) is 6. The molecule has 226 valence electrons. The first kappa shape index (κ1) is 27.9. The minimum Gasteiger partial charge on any atom is -0.455 e. The number of carbonyl (C=O) groups is 2. The van der Waals surface area contributed by atoms with E-state index in [1.54, 1.807) is 12.4 Å². The van der Waals surface area contributed by atoms with Crippen molar-refractivity contribution >= 4 is 12.1 Å². The fourth-order valence-electron chi connectivity index (χ4n) is 12.6. The average molecular weight is 567 g/mol. The number of nitrogens with zero attached hydrogens (tertiary/aromatic N) is 2. The van der Waals surface area contributed by atoms with E-state index >= 15 is 0 Å². The second-order valence-corrected chi connectivity index (χ2v) is 17.1. The van der Waals surface area contributed by atoms with Crippen LogP contribution in [0.4, 0.5) is 4.79 Å². The van der Waals surface area contributed by atoms with Gasteiger partial charge < -0.3 is 14.6 Å². The summed E-state index contributed by atoms with van der Waals surface area (Å²) in [4.78, 5) is 30.7. The lowest BCUT2D eigenvalue weighted by molar-refractivity contribution is -0.316. The van der Waals surface area contributed by atoms with Gasteiger partial charge in [0.1, 0.15) is 18.0 Å². The Bertz CT molecular complexity index is 1270. The third-order valence-corrected chi connectivity index (χ3v) is 15.0. The number of imidazole rings is 1. The van der Waals surface area contributed by atoms with Crippen molar-refractivity contribution in [2.75, 3.05) is 0 Å². The van der Waals surface area contributed by atoms with Crippen molar-refractivity contribution in [1.29, 1.82) is 0 Å². The van der Waals surface area contributed by atoms with E-state index in [0.717, 1.165) is 57.8 Å². The number of carbonyl (C=O) groups excluding carboxylic acids is 2. The molecule has 2 heterocycles. The first-order valence-corrected chi connectivity index (χ1v) is 16.2. The molecule has 1 spiro atoms. The molecule has 1 aliphatic heterocycles. The predicted octanol–water partition coefficient (Wildman–Crippen LogP) is 6.77. The number of hydrogen-bond donors (Lipinski definition) is 1. The van der Waals surface area contributed by atoms with Crippen LogP contribution in [0, 0.1) is 50.2 Å². The Morgan fingerprint density at radius 1 is 0.976 bits per heavy atom. The highest BCUT2D eigenvalue weighted by molar-refractivity contribution is 5.82. The van der Waals surface area contributed by atoms with Crippen LogP contribution in [0.15, 0.2) is 18.7 Å². The standard InChI is InChI=1S/C34H50N2O5/c1-28(2)12-14-33-15-13-32(7)31(6)11-8-21-29(3,4)25(40-27(39)36-17-16-35-20-36)9-10-30(21,5)22(31)18-24(37)34(32,23(33)19-28)41-26(33)38/h16-17,20-25,37H,8-15,18-19H2,1-7H3/t21-,22+,23+,24-,25-,30-,31+,32-,33-,34+/m0/s1. The third kappa shape index (κ3) is 3.17. The number of aliphatic hydroxyl groups is 1. The quantitative estimate of drug-likeness (QED) is 0.377. The van der Waals surface area contributed by atoms with Crippen LogP contribution in [0.3, 0.4) is 0 Å². The van der Waals surface area contributed by atoms with Crippen LogP contribution in [0.25, 0.3) is 0 Å². The Balaban J connectivity index is 1.25. The van der Waals surface area contributed by atoms with Crippen molar-refractivity contribution < 1.29 is 24.2 Å². The maximum atomic E-state index is 13.8. The molecule has 0 unspecified atom stereocenters. The molecule has 41 heavy (non-hydrogen) atoms. The van der Waals surface area contributed by atoms with E-state index in [-0.39, 0.29) is 51.2 Å². The minimum atomic E-state index is -0.804. The van der Waals surface area contributed by atoms with E-state index in [9.17, 15) is 14.7 Å². The molecule has 1 aromatic heterocycles. The number of ether oxygens (including phenoxy) is 2. The summed E-state index contributed by atoms with van der Waals surface area (Å²) in [6.07, 6.45) is 12.8. The first-order valence-electron chi connectivity index (χ1n) is 16.2. The second-order valence-electron chi connectivity index (χ2n) is 17.1. The van der Waals surface area contributed by atoms with Gasteiger partial charge in [-0.2, -0.15) is 0 Å². The van der Waals surface area contributed by atoms with Crippen molar-refractivity contribution in [3.8, 4) is 0 Å². The summed E-state index contributed by atoms with van der Waals surface area (Å²) in [6, 6.07) is 0. The molecule has 1 saturated heterocycles. The number of aromatic nitrogens is 2. The average Bonchev–Trinajstić information content (AvgIpc) is 3.49. The lowest BCUT2D eigenvalue weighted by Gasteiger charge is -2.74. The fraction of sp³-hybridized carbons (Fsp3) is 0.853. The molecule has 7 rings (SSSR count). The molecule has 7 heteroatoms. The van der Waals surface area contributed by atoms with Crippen LogP contribution < -0.4 is 0 Å². The van der Waals surface area contributed by atoms with Crippen molar-refractivity contribution in [2.45, 2.75) is 130 Å². The molecule has 1 N–H and O–H groups in total. The number of esters is 1. The van der Waals surface area contributed by atoms with E-state index in [2.05, 4.69) is 53.5 Å². The van der Waals surface area contributed by atoms with Gasteiger partial charge in [-0.25, -0.2) is 14.3 Å². The van der Waals surface area contributed by atoms with E-state index in [1.165, 1.54) is 10.9 Å². The van der Waals surface area contributed by atoms with E-state index in [0.29, 0.717) is 18.3 Å². The van der Waals surface area contributed by atoms with Crippen LogP contribution in [0.2, 0.25) is 0 Å². The molecule has 0 aromatic carbocycles. The van der Waals surface area contributed by atoms with Crippen molar-refractivity contribution in [3.63, 3.8) is 0 Å². The molecule has 2 bridgehead atoms. The van der Waals surface area contributed by atoms with Gasteiger partial charge in [0.25, 0.3) is 0 Å². The lowest BCUT2D eigenvalue weighted by atomic mass is 9.30. The monoisotopic (exact) mass is 566 g/mol. The van der Waals surface area contributed by atoms with Crippen LogP contribution in [0.1, 0.15) is 113 Å². The second kappa shape index (κ2) is 8.18. The van der Waals surface area contributed by atoms with Crippen LogP contribution in [-0.2, 0) is 14.3 Å². The van der Waals surface area contributed by atoms with Gasteiger partial charge in [-0.05, 0) is 92.3 Å². The summed E-state index contributed by atoms with van der Waals surface area (Å²) in [6.45, 7) is 16.6. The number of rotatable bonds is 1. The van der Waals surface area contributed by atoms with Gasteiger partial charge >= 0.3 is 12.1 Å². The minimum absolute atomic E-state index is 0.0109. The SMILES string of the molecule is CC1(C)CC[C@@]23CC[C@]4(C)[C@@](OC2=O)([C@@H]3C1)[C@@H](O)C[C@@H]1[C@@]2(C)CC[C@H](OC(=O)n3ccnc3)C(C)(C)[C@@H]2CC[C@]14C. The van der Waals surface area contributed by atoms with E-state index in [4.69, 9.17) is 9.47 Å². The molecule has 7 nitrogen and oxygen atoms in total. The molecule has 10 atom stereocenters. The predicted molar refractivity (Wildman–Crippen MR) is 154 cm³/mol. The molecule has 5 saturated carbocycles. The summed E-state index contributed by atoms with van der Waals surface area (Å²) >= 11 is 0. The summed E-state index contributed by atoms with van der Waals surface area (Å²) < 4.78 is 14.2. The van der Waals surface area contributed by atoms with Gasteiger partial charge in [-0.1, -0.05) is 48.5 Å². The molecule has 0 amide bonds. The highest BCUT2D eigenvalue weighted by Gasteiger charge is 2.83. The zero-order valence-corrected chi connectivity index (χ0v) is 26.2. The zero-order valence-electron chi connectivity index (χ0n) is 26.2. The molecule has 0 radical (unpaired) electrons. The van der Waals surface area contributed by atoms with Gasteiger partial charge in [-0.15, -0.1) is 0 Å². The molecular formula is C34H50N2O5. The van der Waals surface area contributed by atoms with Gasteiger partial charge in [0.15, 0.2) is 0 Å². The Morgan fingerprint density at radius 2 is 1.71 bits per heavy atom. The molecular weight excluding hydrogens is 516 g/mol. The van der Waals surface area contributed by atoms with Crippen molar-refractivity contribution in [3.05, 3.63) is 18.7 Å². The molecule has 6 aliphatic rings. The Hall–Kier alpha value is -1.89. The Labute approximate surface area is 245 Å². The molecule has 1 aromatic rings. The van der Waals surface area contributed by atoms with Crippen molar-refractivity contribution in [2.24, 2.45) is 50.2 Å². The topological polar surface area (TPSA) is 90.7 Å². The summed E-state index contributed by atoms with van der Waals surface area (Å²) in [5.74, 6) is 0.712. The maximum absolute atomic E-state index is 13.8. The highest BCUT2D eigenvalue weighted by atomic mass is 16.6. The van der Waals surface area contributed by atoms with Crippen LogP contribution in [0.5, 0.6) is 0 Å². The maximum Gasteiger partial charge on any atom is 0.419 e. The van der Waals surface area contributed by atoms with Gasteiger partial charge in [-0.3, -0.25) is 4.79 Å². The summed E-state index contributed by atoms with van der Waals surface area (Å²) in [5.41, 5.74) is -1.65.